The number of fused-ring (bicyclic) bond motifs is 5. The largest absolute Gasteiger partial charge is 0.455 e. The SMILES string of the molecule is CC(=O)O[C@H]1C[C@@H]2[C@H]3CC=C4C[C@@H](O)CC[C@@]4(C)[C@@H]3CC[C@@]2(C)C1=O. The Labute approximate surface area is 150 Å². The Morgan fingerprint density at radius 3 is 2.64 bits per heavy atom. The van der Waals surface area contributed by atoms with Crippen LogP contribution in [0.5, 0.6) is 0 Å². The van der Waals surface area contributed by atoms with Crippen molar-refractivity contribution in [2.45, 2.75) is 77.9 Å². The van der Waals surface area contributed by atoms with Crippen molar-refractivity contribution in [1.29, 1.82) is 0 Å². The van der Waals surface area contributed by atoms with E-state index in [1.165, 1.54) is 12.5 Å². The van der Waals surface area contributed by atoms with Gasteiger partial charge in [-0.15, -0.1) is 0 Å². The first-order valence-electron chi connectivity index (χ1n) is 9.85. The maximum absolute atomic E-state index is 13.0. The van der Waals surface area contributed by atoms with Crippen LogP contribution in [0.25, 0.3) is 0 Å². The normalized spacial score (nSPS) is 48.9. The summed E-state index contributed by atoms with van der Waals surface area (Å²) in [4.78, 5) is 24.4. The second kappa shape index (κ2) is 5.67. The van der Waals surface area contributed by atoms with E-state index in [1.54, 1.807) is 0 Å². The smallest absolute Gasteiger partial charge is 0.303 e. The molecule has 3 fully saturated rings. The predicted molar refractivity (Wildman–Crippen MR) is 93.7 cm³/mol. The molecule has 0 heterocycles. The molecule has 0 aliphatic heterocycles. The summed E-state index contributed by atoms with van der Waals surface area (Å²) in [6, 6.07) is 0. The van der Waals surface area contributed by atoms with Gasteiger partial charge in [0.15, 0.2) is 11.9 Å². The average molecular weight is 346 g/mol. The summed E-state index contributed by atoms with van der Waals surface area (Å²) < 4.78 is 5.37. The molecule has 0 spiro atoms. The van der Waals surface area contributed by atoms with Crippen molar-refractivity contribution in [3.05, 3.63) is 11.6 Å². The number of aliphatic hydroxyl groups excluding tert-OH is 1. The van der Waals surface area contributed by atoms with Gasteiger partial charge in [-0.1, -0.05) is 25.5 Å². The van der Waals surface area contributed by atoms with Crippen molar-refractivity contribution >= 4 is 11.8 Å². The van der Waals surface area contributed by atoms with Gasteiger partial charge in [0.25, 0.3) is 0 Å². The molecule has 0 radical (unpaired) electrons. The Balaban J connectivity index is 1.64. The number of carbonyl (C=O) groups excluding carboxylic acids is 2. The molecule has 0 saturated heterocycles. The molecule has 0 aromatic carbocycles. The standard InChI is InChI=1S/C21H30O4/c1-12(22)25-18-11-17-15-5-4-13-10-14(23)6-8-20(13,2)16(15)7-9-21(17,3)19(18)24/h4,14-18,23H,5-11H2,1-3H3/t14-,15-,16+,17+,18-,20+,21+/m0/s1. The Kier molecular flexibility index (Phi) is 3.91. The van der Waals surface area contributed by atoms with Crippen molar-refractivity contribution < 1.29 is 19.4 Å². The Morgan fingerprint density at radius 2 is 1.92 bits per heavy atom. The van der Waals surface area contributed by atoms with E-state index in [0.29, 0.717) is 24.2 Å². The molecule has 4 rings (SSSR count). The number of ketones is 1. The molecule has 0 unspecified atom stereocenters. The van der Waals surface area contributed by atoms with Gasteiger partial charge in [-0.3, -0.25) is 9.59 Å². The van der Waals surface area contributed by atoms with E-state index in [1.807, 2.05) is 0 Å². The second-order valence-electron chi connectivity index (χ2n) is 9.31. The molecule has 0 bridgehead atoms. The molecule has 0 aromatic heterocycles. The summed E-state index contributed by atoms with van der Waals surface area (Å²) in [6.45, 7) is 5.88. The molecule has 4 heteroatoms. The van der Waals surface area contributed by atoms with Crippen LogP contribution in [0, 0.1) is 28.6 Å². The number of ether oxygens (including phenoxy) is 1. The highest BCUT2D eigenvalue weighted by Crippen LogP contribution is 2.64. The highest BCUT2D eigenvalue weighted by Gasteiger charge is 2.61. The summed E-state index contributed by atoms with van der Waals surface area (Å²) in [6.07, 6.45) is 8.04. The van der Waals surface area contributed by atoms with Gasteiger partial charge >= 0.3 is 5.97 Å². The van der Waals surface area contributed by atoms with Gasteiger partial charge in [-0.2, -0.15) is 0 Å². The molecule has 3 saturated carbocycles. The number of rotatable bonds is 1. The van der Waals surface area contributed by atoms with Crippen LogP contribution in [-0.4, -0.2) is 29.1 Å². The van der Waals surface area contributed by atoms with E-state index in [4.69, 9.17) is 4.74 Å². The van der Waals surface area contributed by atoms with Crippen molar-refractivity contribution in [3.8, 4) is 0 Å². The summed E-state index contributed by atoms with van der Waals surface area (Å²) in [7, 11) is 0. The lowest BCUT2D eigenvalue weighted by molar-refractivity contribution is -0.153. The maximum Gasteiger partial charge on any atom is 0.303 e. The van der Waals surface area contributed by atoms with E-state index >= 15 is 0 Å². The van der Waals surface area contributed by atoms with Crippen LogP contribution >= 0.6 is 0 Å². The van der Waals surface area contributed by atoms with Gasteiger partial charge < -0.3 is 9.84 Å². The van der Waals surface area contributed by atoms with E-state index in [-0.39, 0.29) is 28.7 Å². The number of esters is 1. The van der Waals surface area contributed by atoms with E-state index in [0.717, 1.165) is 38.5 Å². The van der Waals surface area contributed by atoms with Gasteiger partial charge in [-0.05, 0) is 68.1 Å². The zero-order valence-electron chi connectivity index (χ0n) is 15.6. The average Bonchev–Trinajstić information content (AvgIpc) is 2.79. The summed E-state index contributed by atoms with van der Waals surface area (Å²) >= 11 is 0. The van der Waals surface area contributed by atoms with E-state index in [2.05, 4.69) is 19.9 Å². The zero-order valence-corrected chi connectivity index (χ0v) is 15.6. The molecule has 4 aliphatic carbocycles. The number of Topliss-reactive ketones (excluding diaryl/α,β-unsaturated/α-hetero) is 1. The zero-order chi connectivity index (χ0) is 18.0. The summed E-state index contributed by atoms with van der Waals surface area (Å²) in [5.41, 5.74) is 1.28. The van der Waals surface area contributed by atoms with Crippen LogP contribution in [0.4, 0.5) is 0 Å². The number of allylic oxidation sites excluding steroid dienone is 1. The van der Waals surface area contributed by atoms with Crippen LogP contribution in [0.1, 0.15) is 65.7 Å². The summed E-state index contributed by atoms with van der Waals surface area (Å²) in [5, 5.41) is 10.1. The van der Waals surface area contributed by atoms with Gasteiger partial charge in [0.1, 0.15) is 0 Å². The molecule has 4 aliphatic rings. The molecule has 4 nitrogen and oxygen atoms in total. The van der Waals surface area contributed by atoms with Gasteiger partial charge in [-0.25, -0.2) is 0 Å². The van der Waals surface area contributed by atoms with Crippen molar-refractivity contribution in [2.75, 3.05) is 0 Å². The van der Waals surface area contributed by atoms with E-state index < -0.39 is 6.10 Å². The highest BCUT2D eigenvalue weighted by atomic mass is 16.5. The first-order valence-corrected chi connectivity index (χ1v) is 9.85. The van der Waals surface area contributed by atoms with Crippen LogP contribution in [0.15, 0.2) is 11.6 Å². The molecule has 0 amide bonds. The molecular weight excluding hydrogens is 316 g/mol. The fraction of sp³-hybridized carbons (Fsp3) is 0.810. The monoisotopic (exact) mass is 346 g/mol. The third kappa shape index (κ3) is 2.43. The Bertz CT molecular complexity index is 638. The number of aliphatic hydroxyl groups is 1. The second-order valence-corrected chi connectivity index (χ2v) is 9.31. The number of carbonyl (C=O) groups is 2. The van der Waals surface area contributed by atoms with Crippen LogP contribution in [0.3, 0.4) is 0 Å². The lowest BCUT2D eigenvalue weighted by Gasteiger charge is -2.56. The minimum atomic E-state index is -0.544. The fourth-order valence-electron chi connectivity index (χ4n) is 6.71. The molecule has 7 atom stereocenters. The summed E-state index contributed by atoms with van der Waals surface area (Å²) in [5.74, 6) is 1.18. The lowest BCUT2D eigenvalue weighted by Crippen LogP contribution is -2.50. The van der Waals surface area contributed by atoms with Crippen molar-refractivity contribution in [1.82, 2.24) is 0 Å². The Hall–Kier alpha value is -1.16. The fourth-order valence-corrected chi connectivity index (χ4v) is 6.71. The minimum absolute atomic E-state index is 0.144. The quantitative estimate of drug-likeness (QED) is 0.584. The maximum atomic E-state index is 13.0. The van der Waals surface area contributed by atoms with Gasteiger partial charge in [0.2, 0.25) is 0 Å². The lowest BCUT2D eigenvalue weighted by atomic mass is 9.48. The van der Waals surface area contributed by atoms with Crippen molar-refractivity contribution in [2.24, 2.45) is 28.6 Å². The molecular formula is C21H30O4. The molecule has 1 N–H and O–H groups in total. The molecule has 25 heavy (non-hydrogen) atoms. The number of hydrogen-bond donors (Lipinski definition) is 1. The van der Waals surface area contributed by atoms with Crippen LogP contribution in [-0.2, 0) is 14.3 Å². The Morgan fingerprint density at radius 1 is 1.20 bits per heavy atom. The van der Waals surface area contributed by atoms with Crippen molar-refractivity contribution in [3.63, 3.8) is 0 Å². The molecule has 0 aromatic rings. The topological polar surface area (TPSA) is 63.6 Å². The van der Waals surface area contributed by atoms with Crippen LogP contribution < -0.4 is 0 Å². The first-order chi connectivity index (χ1) is 11.8. The van der Waals surface area contributed by atoms with Crippen LogP contribution in [0.2, 0.25) is 0 Å². The predicted octanol–water partition coefficient (Wildman–Crippen LogP) is 3.42. The van der Waals surface area contributed by atoms with Gasteiger partial charge in [0.05, 0.1) is 6.10 Å². The third-order valence-corrected chi connectivity index (χ3v) is 8.10. The van der Waals surface area contributed by atoms with E-state index in [9.17, 15) is 14.7 Å². The van der Waals surface area contributed by atoms with Gasteiger partial charge in [0, 0.05) is 12.3 Å². The number of hydrogen-bond acceptors (Lipinski definition) is 4. The highest BCUT2D eigenvalue weighted by molar-refractivity contribution is 5.92. The molecule has 138 valence electrons. The third-order valence-electron chi connectivity index (χ3n) is 8.10. The minimum Gasteiger partial charge on any atom is -0.455 e. The first kappa shape index (κ1) is 17.3.